The van der Waals surface area contributed by atoms with Crippen molar-refractivity contribution in [3.05, 3.63) is 35.5 Å². The van der Waals surface area contributed by atoms with Crippen molar-refractivity contribution in [1.82, 2.24) is 5.32 Å². The van der Waals surface area contributed by atoms with E-state index < -0.39 is 0 Å². The predicted molar refractivity (Wildman–Crippen MR) is 112 cm³/mol. The first-order chi connectivity index (χ1) is 12.7. The van der Waals surface area contributed by atoms with E-state index in [1.165, 1.54) is 5.57 Å². The molecule has 0 saturated heterocycles. The molecule has 7 nitrogen and oxygen atoms in total. The van der Waals surface area contributed by atoms with Gasteiger partial charge < -0.3 is 0 Å². The number of allylic oxidation sites excluding steroid dienone is 5. The summed E-state index contributed by atoms with van der Waals surface area (Å²) in [7, 11) is 0. The molecule has 27 heavy (non-hydrogen) atoms. The van der Waals surface area contributed by atoms with Gasteiger partial charge in [-0.2, -0.15) is 0 Å². The molecule has 0 fully saturated rings. The number of rotatable bonds is 11. The molecule has 7 heteroatoms. The van der Waals surface area contributed by atoms with Crippen LogP contribution in [0.1, 0.15) is 53.4 Å². The SMILES string of the molecule is CC(C)=CCC[C@H](C)/C=C/C=C(\C)C(=O)NC(N)=[NH+]CCCC[NH+]=C(N)N. The summed E-state index contributed by atoms with van der Waals surface area (Å²) < 4.78 is 0. The Balaban J connectivity index is 4.25. The van der Waals surface area contributed by atoms with Crippen LogP contribution in [0.3, 0.4) is 0 Å². The minimum Gasteiger partial charge on any atom is -0.291 e. The van der Waals surface area contributed by atoms with Crippen LogP contribution in [-0.2, 0) is 4.79 Å². The molecule has 0 saturated carbocycles. The lowest BCUT2D eigenvalue weighted by Gasteiger charge is -2.03. The second kappa shape index (κ2) is 14.6. The summed E-state index contributed by atoms with van der Waals surface area (Å²) in [5, 5.41) is 2.65. The maximum absolute atomic E-state index is 12.1. The van der Waals surface area contributed by atoms with E-state index >= 15 is 0 Å². The molecule has 0 aromatic heterocycles. The molecule has 0 aromatic carbocycles. The highest BCUT2D eigenvalue weighted by Gasteiger charge is 2.09. The van der Waals surface area contributed by atoms with Crippen LogP contribution in [0.25, 0.3) is 0 Å². The number of hydrogen-bond acceptors (Lipinski definition) is 1. The molecular formula is C20H38N6O+2. The minimum atomic E-state index is -0.214. The Morgan fingerprint density at radius 3 is 2.30 bits per heavy atom. The van der Waals surface area contributed by atoms with E-state index in [1.54, 1.807) is 13.0 Å². The van der Waals surface area contributed by atoms with Crippen LogP contribution in [0.2, 0.25) is 0 Å². The fourth-order valence-electron chi connectivity index (χ4n) is 2.17. The van der Waals surface area contributed by atoms with E-state index in [0.29, 0.717) is 24.6 Å². The average molecular weight is 379 g/mol. The van der Waals surface area contributed by atoms with Crippen LogP contribution < -0.4 is 32.5 Å². The number of carbonyl (C=O) groups is 1. The molecule has 0 heterocycles. The van der Waals surface area contributed by atoms with E-state index in [9.17, 15) is 4.79 Å². The molecule has 0 aromatic rings. The summed E-state index contributed by atoms with van der Waals surface area (Å²) in [5.41, 5.74) is 18.4. The molecule has 0 radical (unpaired) electrons. The third-order valence-corrected chi connectivity index (χ3v) is 3.81. The van der Waals surface area contributed by atoms with Crippen molar-refractivity contribution in [2.45, 2.75) is 53.4 Å². The monoisotopic (exact) mass is 378 g/mol. The lowest BCUT2D eigenvalue weighted by molar-refractivity contribution is -0.473. The Morgan fingerprint density at radius 2 is 1.70 bits per heavy atom. The van der Waals surface area contributed by atoms with Crippen molar-refractivity contribution in [1.29, 1.82) is 0 Å². The van der Waals surface area contributed by atoms with Gasteiger partial charge in [-0.3, -0.25) is 32.0 Å². The largest absolute Gasteiger partial charge is 0.348 e. The highest BCUT2D eigenvalue weighted by molar-refractivity contribution is 6.03. The molecule has 1 atom stereocenters. The molecule has 0 aliphatic carbocycles. The molecule has 0 bridgehead atoms. The zero-order chi connectivity index (χ0) is 20.7. The smallest absolute Gasteiger partial charge is 0.291 e. The molecule has 0 spiro atoms. The highest BCUT2D eigenvalue weighted by Crippen LogP contribution is 2.09. The van der Waals surface area contributed by atoms with Crippen LogP contribution >= 0.6 is 0 Å². The van der Waals surface area contributed by atoms with Crippen molar-refractivity contribution in [2.24, 2.45) is 23.1 Å². The first-order valence-electron chi connectivity index (χ1n) is 9.50. The molecular weight excluding hydrogens is 340 g/mol. The van der Waals surface area contributed by atoms with Crippen molar-refractivity contribution in [2.75, 3.05) is 13.1 Å². The van der Waals surface area contributed by atoms with Crippen molar-refractivity contribution in [3.8, 4) is 0 Å². The lowest BCUT2D eigenvalue weighted by Crippen LogP contribution is -2.80. The summed E-state index contributed by atoms with van der Waals surface area (Å²) in [6, 6.07) is 0. The summed E-state index contributed by atoms with van der Waals surface area (Å²) in [5.74, 6) is 0.728. The normalized spacial score (nSPS) is 13.3. The third-order valence-electron chi connectivity index (χ3n) is 3.81. The van der Waals surface area contributed by atoms with Gasteiger partial charge in [0.2, 0.25) is 0 Å². The first kappa shape index (κ1) is 24.4. The van der Waals surface area contributed by atoms with Gasteiger partial charge in [0.05, 0.1) is 13.1 Å². The van der Waals surface area contributed by atoms with Gasteiger partial charge in [-0.05, 0) is 52.4 Å². The van der Waals surface area contributed by atoms with Gasteiger partial charge in [-0.1, -0.05) is 36.8 Å². The summed E-state index contributed by atoms with van der Waals surface area (Å²) in [4.78, 5) is 17.9. The van der Waals surface area contributed by atoms with Crippen LogP contribution in [0.4, 0.5) is 0 Å². The van der Waals surface area contributed by atoms with Crippen molar-refractivity contribution in [3.63, 3.8) is 0 Å². The van der Waals surface area contributed by atoms with Gasteiger partial charge >= 0.3 is 17.8 Å². The molecule has 0 unspecified atom stereocenters. The molecule has 152 valence electrons. The highest BCUT2D eigenvalue weighted by atomic mass is 16.1. The van der Waals surface area contributed by atoms with Gasteiger partial charge in [0, 0.05) is 5.57 Å². The van der Waals surface area contributed by atoms with E-state index in [0.717, 1.165) is 25.7 Å². The number of unbranched alkanes of at least 4 members (excludes halogenated alkanes) is 1. The van der Waals surface area contributed by atoms with Crippen LogP contribution in [-0.4, -0.2) is 30.9 Å². The van der Waals surface area contributed by atoms with Gasteiger partial charge in [0.1, 0.15) is 0 Å². The standard InChI is InChI=1S/C20H36N6O/c1-15(2)9-7-10-16(3)11-8-12-17(4)18(27)26-20(23)25-14-6-5-13-24-19(21)22/h8-9,11-12,16H,5-7,10,13-14H2,1-4H3,(H4,21,22,24)(H3,23,25,26,27)/p+2/b11-8+,17-12+/t16-/m0/s1. The summed E-state index contributed by atoms with van der Waals surface area (Å²) in [6.45, 7) is 9.51. The topological polar surface area (TPSA) is 135 Å². The second-order valence-electron chi connectivity index (χ2n) is 6.95. The number of hydrogen-bond donors (Lipinski definition) is 6. The number of carbonyl (C=O) groups excluding carboxylic acids is 1. The van der Waals surface area contributed by atoms with Crippen LogP contribution in [0, 0.1) is 5.92 Å². The number of nitrogens with two attached hydrogens (primary N) is 3. The summed E-state index contributed by atoms with van der Waals surface area (Å²) in [6.07, 6.45) is 12.0. The maximum Gasteiger partial charge on any atom is 0.348 e. The Labute approximate surface area is 163 Å². The predicted octanol–water partition coefficient (Wildman–Crippen LogP) is -1.48. The third kappa shape index (κ3) is 15.4. The number of amides is 1. The Bertz CT molecular complexity index is 594. The van der Waals surface area contributed by atoms with Gasteiger partial charge in [-0.15, -0.1) is 0 Å². The molecule has 0 aliphatic heterocycles. The van der Waals surface area contributed by atoms with Crippen molar-refractivity contribution < 1.29 is 14.8 Å². The van der Waals surface area contributed by atoms with E-state index in [2.05, 4.69) is 48.2 Å². The Morgan fingerprint density at radius 1 is 1.07 bits per heavy atom. The van der Waals surface area contributed by atoms with E-state index in [4.69, 9.17) is 17.2 Å². The first-order valence-corrected chi connectivity index (χ1v) is 9.50. The molecule has 1 amide bonds. The van der Waals surface area contributed by atoms with Gasteiger partial charge in [-0.25, -0.2) is 5.32 Å². The fraction of sp³-hybridized carbons (Fsp3) is 0.550. The molecule has 0 rings (SSSR count). The lowest BCUT2D eigenvalue weighted by atomic mass is 10.0. The Kier molecular flexibility index (Phi) is 13.2. The second-order valence-corrected chi connectivity index (χ2v) is 6.95. The summed E-state index contributed by atoms with van der Waals surface area (Å²) >= 11 is 0. The van der Waals surface area contributed by atoms with Crippen molar-refractivity contribution >= 4 is 17.8 Å². The van der Waals surface area contributed by atoms with Gasteiger partial charge in [0.25, 0.3) is 0 Å². The number of nitrogens with one attached hydrogen (secondary N) is 3. The quantitative estimate of drug-likeness (QED) is 0.0652. The number of guanidine groups is 2. The maximum atomic E-state index is 12.1. The molecule has 0 aliphatic rings. The van der Waals surface area contributed by atoms with E-state index in [1.807, 2.05) is 6.08 Å². The zero-order valence-electron chi connectivity index (χ0n) is 17.3. The van der Waals surface area contributed by atoms with Crippen LogP contribution in [0.15, 0.2) is 35.5 Å². The molecule has 9 N–H and O–H groups in total. The minimum absolute atomic E-state index is 0.214. The van der Waals surface area contributed by atoms with Gasteiger partial charge in [0.15, 0.2) is 0 Å². The van der Waals surface area contributed by atoms with E-state index in [-0.39, 0.29) is 17.8 Å². The van der Waals surface area contributed by atoms with Crippen LogP contribution in [0.5, 0.6) is 0 Å². The zero-order valence-corrected chi connectivity index (χ0v) is 17.3. The average Bonchev–Trinajstić information content (AvgIpc) is 2.57. The fourth-order valence-corrected chi connectivity index (χ4v) is 2.17. The Hall–Kier alpha value is -2.57.